The first-order chi connectivity index (χ1) is 9.85. The van der Waals surface area contributed by atoms with Crippen LogP contribution in [0.4, 0.5) is 4.79 Å². The Labute approximate surface area is 125 Å². The molecule has 1 aliphatic rings. The second-order valence-corrected chi connectivity index (χ2v) is 6.40. The molecule has 0 N–H and O–H groups in total. The van der Waals surface area contributed by atoms with Crippen LogP contribution in [-0.4, -0.2) is 62.4 Å². The van der Waals surface area contributed by atoms with Gasteiger partial charge in [-0.05, 0) is 27.2 Å². The third kappa shape index (κ3) is 4.70. The smallest absolute Gasteiger partial charge is 0.410 e. The van der Waals surface area contributed by atoms with Crippen LogP contribution in [0.2, 0.25) is 0 Å². The van der Waals surface area contributed by atoms with E-state index in [4.69, 9.17) is 4.74 Å². The Hall–Kier alpha value is -1.63. The summed E-state index contributed by atoms with van der Waals surface area (Å²) in [5.74, 6) is 0.945. The summed E-state index contributed by atoms with van der Waals surface area (Å²) >= 11 is 0. The number of carbonyl (C=O) groups excluding carboxylic acids is 1. The zero-order valence-corrected chi connectivity index (χ0v) is 13.4. The van der Waals surface area contributed by atoms with E-state index in [1.807, 2.05) is 27.8 Å². The number of amides is 1. The fourth-order valence-electron chi connectivity index (χ4n) is 2.30. The van der Waals surface area contributed by atoms with Crippen molar-refractivity contribution in [2.24, 2.45) is 7.05 Å². The lowest BCUT2D eigenvalue weighted by molar-refractivity contribution is 0.0257. The van der Waals surface area contributed by atoms with E-state index in [1.54, 1.807) is 15.9 Å². The molecule has 1 aromatic heterocycles. The number of hydrogen-bond acceptors (Lipinski definition) is 5. The molecule has 1 aliphatic heterocycles. The Morgan fingerprint density at radius 2 is 2.05 bits per heavy atom. The molecule has 7 heteroatoms. The molecule has 1 amide bonds. The van der Waals surface area contributed by atoms with Crippen molar-refractivity contribution in [2.75, 3.05) is 26.2 Å². The average molecular weight is 295 g/mol. The lowest BCUT2D eigenvalue weighted by Crippen LogP contribution is -2.39. The summed E-state index contributed by atoms with van der Waals surface area (Å²) in [5.41, 5.74) is -0.443. The lowest BCUT2D eigenvalue weighted by atomic mass is 10.2. The molecule has 0 aromatic carbocycles. The number of ether oxygens (including phenoxy) is 1. The van der Waals surface area contributed by atoms with Crippen LogP contribution in [0.3, 0.4) is 0 Å². The van der Waals surface area contributed by atoms with Crippen LogP contribution in [0.15, 0.2) is 6.33 Å². The standard InChI is InChI=1S/C14H25N5O2/c1-14(2,3)21-13(20)19-7-5-6-18(8-9-19)10-12-15-11-16-17(12)4/h11H,5-10H2,1-4H3. The van der Waals surface area contributed by atoms with Crippen LogP contribution in [0.25, 0.3) is 0 Å². The van der Waals surface area contributed by atoms with Gasteiger partial charge in [0.2, 0.25) is 0 Å². The van der Waals surface area contributed by atoms with Crippen LogP contribution >= 0.6 is 0 Å². The average Bonchev–Trinajstić information content (AvgIpc) is 2.62. The van der Waals surface area contributed by atoms with Gasteiger partial charge in [-0.1, -0.05) is 0 Å². The topological polar surface area (TPSA) is 63.5 Å². The first kappa shape index (κ1) is 15.8. The monoisotopic (exact) mass is 295 g/mol. The summed E-state index contributed by atoms with van der Waals surface area (Å²) in [5, 5.41) is 4.08. The maximum Gasteiger partial charge on any atom is 0.410 e. The molecular formula is C14H25N5O2. The van der Waals surface area contributed by atoms with Crippen molar-refractivity contribution in [2.45, 2.75) is 39.3 Å². The van der Waals surface area contributed by atoms with E-state index in [9.17, 15) is 4.79 Å². The SMILES string of the molecule is Cn1ncnc1CN1CCCN(C(=O)OC(C)(C)C)CC1. The van der Waals surface area contributed by atoms with E-state index in [1.165, 1.54) is 0 Å². The van der Waals surface area contributed by atoms with Crippen molar-refractivity contribution >= 4 is 6.09 Å². The second-order valence-electron chi connectivity index (χ2n) is 6.40. The van der Waals surface area contributed by atoms with Crippen molar-refractivity contribution in [1.29, 1.82) is 0 Å². The van der Waals surface area contributed by atoms with Crippen molar-refractivity contribution in [3.63, 3.8) is 0 Å². The summed E-state index contributed by atoms with van der Waals surface area (Å²) in [6.45, 7) is 9.64. The van der Waals surface area contributed by atoms with Crippen LogP contribution in [0.1, 0.15) is 33.0 Å². The molecule has 2 heterocycles. The Balaban J connectivity index is 1.87. The first-order valence-electron chi connectivity index (χ1n) is 7.38. The van der Waals surface area contributed by atoms with Crippen LogP contribution < -0.4 is 0 Å². The van der Waals surface area contributed by atoms with Crippen LogP contribution in [0.5, 0.6) is 0 Å². The highest BCUT2D eigenvalue weighted by Crippen LogP contribution is 2.13. The van der Waals surface area contributed by atoms with E-state index in [2.05, 4.69) is 15.0 Å². The van der Waals surface area contributed by atoms with E-state index < -0.39 is 5.60 Å². The molecular weight excluding hydrogens is 270 g/mol. The molecule has 0 atom stereocenters. The predicted molar refractivity (Wildman–Crippen MR) is 78.7 cm³/mol. The molecule has 118 valence electrons. The number of rotatable bonds is 2. The van der Waals surface area contributed by atoms with Gasteiger partial charge in [0.05, 0.1) is 6.54 Å². The molecule has 1 saturated heterocycles. The van der Waals surface area contributed by atoms with Gasteiger partial charge in [0.1, 0.15) is 17.8 Å². The fourth-order valence-corrected chi connectivity index (χ4v) is 2.30. The molecule has 0 radical (unpaired) electrons. The van der Waals surface area contributed by atoms with Crippen LogP contribution in [-0.2, 0) is 18.3 Å². The van der Waals surface area contributed by atoms with Gasteiger partial charge in [-0.2, -0.15) is 5.10 Å². The molecule has 0 bridgehead atoms. The summed E-state index contributed by atoms with van der Waals surface area (Å²) in [6, 6.07) is 0. The third-order valence-corrected chi connectivity index (χ3v) is 3.41. The van der Waals surface area contributed by atoms with Gasteiger partial charge < -0.3 is 9.64 Å². The van der Waals surface area contributed by atoms with Gasteiger partial charge >= 0.3 is 6.09 Å². The van der Waals surface area contributed by atoms with Gasteiger partial charge in [0.15, 0.2) is 0 Å². The minimum atomic E-state index is -0.443. The largest absolute Gasteiger partial charge is 0.444 e. The molecule has 1 fully saturated rings. The number of nitrogens with zero attached hydrogens (tertiary/aromatic N) is 5. The zero-order valence-electron chi connectivity index (χ0n) is 13.4. The van der Waals surface area contributed by atoms with Gasteiger partial charge in [0.25, 0.3) is 0 Å². The Kier molecular flexibility index (Phi) is 4.82. The van der Waals surface area contributed by atoms with Gasteiger partial charge in [-0.3, -0.25) is 9.58 Å². The molecule has 1 aromatic rings. The number of hydrogen-bond donors (Lipinski definition) is 0. The summed E-state index contributed by atoms with van der Waals surface area (Å²) in [7, 11) is 1.90. The quantitative estimate of drug-likeness (QED) is 0.822. The van der Waals surface area contributed by atoms with Crippen molar-refractivity contribution in [1.82, 2.24) is 24.6 Å². The highest BCUT2D eigenvalue weighted by molar-refractivity contribution is 5.68. The van der Waals surface area contributed by atoms with E-state index in [-0.39, 0.29) is 6.09 Å². The maximum absolute atomic E-state index is 12.1. The highest BCUT2D eigenvalue weighted by Gasteiger charge is 2.24. The summed E-state index contributed by atoms with van der Waals surface area (Å²) in [4.78, 5) is 20.4. The van der Waals surface area contributed by atoms with E-state index >= 15 is 0 Å². The number of aryl methyl sites for hydroxylation is 1. The zero-order chi connectivity index (χ0) is 15.5. The Morgan fingerprint density at radius 3 is 2.67 bits per heavy atom. The minimum absolute atomic E-state index is 0.219. The van der Waals surface area contributed by atoms with Crippen LogP contribution in [0, 0.1) is 0 Å². The number of carbonyl (C=O) groups is 1. The van der Waals surface area contributed by atoms with E-state index in [0.717, 1.165) is 38.4 Å². The summed E-state index contributed by atoms with van der Waals surface area (Å²) in [6.07, 6.45) is 2.29. The normalized spacial score (nSPS) is 17.6. The predicted octanol–water partition coefficient (Wildman–Crippen LogP) is 1.26. The van der Waals surface area contributed by atoms with Gasteiger partial charge in [-0.25, -0.2) is 9.78 Å². The van der Waals surface area contributed by atoms with Gasteiger partial charge in [-0.15, -0.1) is 0 Å². The fraction of sp³-hybridized carbons (Fsp3) is 0.786. The molecule has 0 spiro atoms. The van der Waals surface area contributed by atoms with Crippen molar-refractivity contribution in [3.05, 3.63) is 12.2 Å². The maximum atomic E-state index is 12.1. The highest BCUT2D eigenvalue weighted by atomic mass is 16.6. The summed E-state index contributed by atoms with van der Waals surface area (Å²) < 4.78 is 7.22. The molecule has 0 saturated carbocycles. The minimum Gasteiger partial charge on any atom is -0.444 e. The van der Waals surface area contributed by atoms with Crippen molar-refractivity contribution < 1.29 is 9.53 Å². The van der Waals surface area contributed by atoms with Gasteiger partial charge in [0, 0.05) is 33.2 Å². The molecule has 7 nitrogen and oxygen atoms in total. The molecule has 0 aliphatic carbocycles. The Bertz CT molecular complexity index is 480. The first-order valence-corrected chi connectivity index (χ1v) is 7.38. The third-order valence-electron chi connectivity index (χ3n) is 3.41. The molecule has 2 rings (SSSR count). The van der Waals surface area contributed by atoms with E-state index in [0.29, 0.717) is 6.54 Å². The number of aromatic nitrogens is 3. The van der Waals surface area contributed by atoms with Crippen molar-refractivity contribution in [3.8, 4) is 0 Å². The second kappa shape index (κ2) is 6.43. The Morgan fingerprint density at radius 1 is 1.29 bits per heavy atom. The molecule has 0 unspecified atom stereocenters. The lowest BCUT2D eigenvalue weighted by Gasteiger charge is -2.26. The molecule has 21 heavy (non-hydrogen) atoms.